The highest BCUT2D eigenvalue weighted by atomic mass is 32.2. The maximum Gasteiger partial charge on any atom is 0.303 e. The Hall–Kier alpha value is -2.19. The number of aryl methyl sites for hydroxylation is 2. The molecule has 1 heterocycles. The Balaban J connectivity index is 2.04. The number of carbonyl (C=O) groups is 1. The van der Waals surface area contributed by atoms with Crippen LogP contribution in [0.25, 0.3) is 0 Å². The summed E-state index contributed by atoms with van der Waals surface area (Å²) >= 11 is 0. The van der Waals surface area contributed by atoms with Gasteiger partial charge in [0.25, 0.3) is 0 Å². The second kappa shape index (κ2) is 6.71. The van der Waals surface area contributed by atoms with E-state index in [1.807, 2.05) is 6.07 Å². The van der Waals surface area contributed by atoms with Gasteiger partial charge in [-0.3, -0.25) is 9.89 Å². The summed E-state index contributed by atoms with van der Waals surface area (Å²) in [5.74, 6) is -0.860. The van der Waals surface area contributed by atoms with E-state index in [2.05, 4.69) is 14.9 Å². The van der Waals surface area contributed by atoms with E-state index in [0.29, 0.717) is 12.1 Å². The predicted octanol–water partition coefficient (Wildman–Crippen LogP) is 1.21. The number of nitrogens with one attached hydrogen (secondary N) is 2. The normalized spacial score (nSPS) is 11.5. The molecule has 0 aliphatic rings. The third-order valence-corrected chi connectivity index (χ3v) is 4.67. The second-order valence-corrected chi connectivity index (χ2v) is 6.63. The number of aliphatic carboxylic acids is 1. The lowest BCUT2D eigenvalue weighted by Crippen LogP contribution is -2.23. The predicted molar refractivity (Wildman–Crippen MR) is 79.7 cm³/mol. The lowest BCUT2D eigenvalue weighted by Gasteiger charge is -2.07. The van der Waals surface area contributed by atoms with Gasteiger partial charge in [-0.25, -0.2) is 13.1 Å². The van der Waals surface area contributed by atoms with E-state index >= 15 is 0 Å². The molecule has 0 radical (unpaired) electrons. The molecule has 0 saturated carbocycles. The molecule has 0 spiro atoms. The Kier molecular flexibility index (Phi) is 4.94. The molecule has 2 rings (SSSR count). The Morgan fingerprint density at radius 2 is 2.09 bits per heavy atom. The third kappa shape index (κ3) is 4.15. The van der Waals surface area contributed by atoms with Crippen molar-refractivity contribution < 1.29 is 18.3 Å². The molecular formula is C14H17N3O4S. The molecule has 0 amide bonds. The van der Waals surface area contributed by atoms with Crippen LogP contribution in [0.15, 0.2) is 35.4 Å². The first-order valence-corrected chi connectivity index (χ1v) is 8.16. The van der Waals surface area contributed by atoms with Crippen LogP contribution in [-0.2, 0) is 27.8 Å². The summed E-state index contributed by atoms with van der Waals surface area (Å²) in [7, 11) is -3.62. The van der Waals surface area contributed by atoms with Crippen molar-refractivity contribution in [2.24, 2.45) is 0 Å². The molecule has 0 fully saturated rings. The zero-order chi connectivity index (χ0) is 16.2. The van der Waals surface area contributed by atoms with Gasteiger partial charge in [0.1, 0.15) is 4.90 Å². The smallest absolute Gasteiger partial charge is 0.303 e. The number of benzene rings is 1. The summed E-state index contributed by atoms with van der Waals surface area (Å²) in [5, 5.41) is 15.0. The van der Waals surface area contributed by atoms with Gasteiger partial charge in [-0.15, -0.1) is 0 Å². The number of carboxylic acid groups (broad SMARTS) is 1. The average molecular weight is 323 g/mol. The standard InChI is InChI=1S/C14H17N3O4S/c1-10-13(9-15-17-10)22(20,21)16-8-12-4-2-3-11(7-12)5-6-14(18)19/h2-4,7,9,16H,5-6,8H2,1H3,(H,15,17)(H,18,19). The maximum absolute atomic E-state index is 12.1. The van der Waals surface area contributed by atoms with Gasteiger partial charge < -0.3 is 5.11 Å². The molecule has 0 unspecified atom stereocenters. The Labute approximate surface area is 128 Å². The van der Waals surface area contributed by atoms with Crippen LogP contribution in [0.4, 0.5) is 0 Å². The van der Waals surface area contributed by atoms with E-state index in [1.54, 1.807) is 25.1 Å². The number of hydrogen-bond acceptors (Lipinski definition) is 4. The molecule has 3 N–H and O–H groups in total. The molecule has 7 nitrogen and oxygen atoms in total. The van der Waals surface area contributed by atoms with E-state index < -0.39 is 16.0 Å². The number of H-pyrrole nitrogens is 1. The molecule has 0 atom stereocenters. The first-order chi connectivity index (χ1) is 10.4. The molecule has 1 aromatic heterocycles. The van der Waals surface area contributed by atoms with Gasteiger partial charge in [-0.05, 0) is 24.5 Å². The SMILES string of the molecule is Cc1[nH]ncc1S(=O)(=O)NCc1cccc(CCC(=O)O)c1. The summed E-state index contributed by atoms with van der Waals surface area (Å²) in [4.78, 5) is 10.7. The first kappa shape index (κ1) is 16.2. The fourth-order valence-corrected chi connectivity index (χ4v) is 3.17. The molecule has 0 saturated heterocycles. The highest BCUT2D eigenvalue weighted by Crippen LogP contribution is 2.13. The molecule has 22 heavy (non-hydrogen) atoms. The number of carboxylic acids is 1. The molecule has 118 valence electrons. The number of aromatic nitrogens is 2. The molecular weight excluding hydrogens is 306 g/mol. The van der Waals surface area contributed by atoms with Crippen LogP contribution in [-0.4, -0.2) is 29.7 Å². The first-order valence-electron chi connectivity index (χ1n) is 6.68. The zero-order valence-electron chi connectivity index (χ0n) is 12.0. The van der Waals surface area contributed by atoms with Crippen molar-refractivity contribution in [3.05, 3.63) is 47.3 Å². The van der Waals surface area contributed by atoms with Gasteiger partial charge in [0.15, 0.2) is 0 Å². The second-order valence-electron chi connectivity index (χ2n) is 4.90. The summed E-state index contributed by atoms with van der Waals surface area (Å²) in [5.41, 5.74) is 2.11. The summed E-state index contributed by atoms with van der Waals surface area (Å²) < 4.78 is 26.8. The van der Waals surface area contributed by atoms with Crippen LogP contribution in [0.1, 0.15) is 23.2 Å². The topological polar surface area (TPSA) is 112 Å². The molecule has 2 aromatic rings. The van der Waals surface area contributed by atoms with Crippen LogP contribution in [0, 0.1) is 6.92 Å². The fourth-order valence-electron chi connectivity index (χ4n) is 2.01. The fraction of sp³-hybridized carbons (Fsp3) is 0.286. The van der Waals surface area contributed by atoms with Gasteiger partial charge in [-0.1, -0.05) is 24.3 Å². The Bertz CT molecular complexity index is 768. The Morgan fingerprint density at radius 3 is 2.73 bits per heavy atom. The summed E-state index contributed by atoms with van der Waals surface area (Å²) in [6.07, 6.45) is 1.72. The van der Waals surface area contributed by atoms with Crippen LogP contribution >= 0.6 is 0 Å². The van der Waals surface area contributed by atoms with E-state index in [-0.39, 0.29) is 17.9 Å². The van der Waals surface area contributed by atoms with E-state index in [1.165, 1.54) is 6.20 Å². The van der Waals surface area contributed by atoms with Crippen LogP contribution in [0.3, 0.4) is 0 Å². The van der Waals surface area contributed by atoms with Crippen LogP contribution < -0.4 is 4.72 Å². The van der Waals surface area contributed by atoms with E-state index in [4.69, 9.17) is 5.11 Å². The van der Waals surface area contributed by atoms with Gasteiger partial charge in [-0.2, -0.15) is 5.10 Å². The van der Waals surface area contributed by atoms with Crippen molar-refractivity contribution in [1.82, 2.24) is 14.9 Å². The van der Waals surface area contributed by atoms with Gasteiger partial charge in [0.2, 0.25) is 10.0 Å². The van der Waals surface area contributed by atoms with Gasteiger partial charge in [0, 0.05) is 13.0 Å². The van der Waals surface area contributed by atoms with Gasteiger partial charge in [0.05, 0.1) is 11.9 Å². The number of hydrogen-bond donors (Lipinski definition) is 3. The summed E-state index contributed by atoms with van der Waals surface area (Å²) in [6.45, 7) is 1.77. The maximum atomic E-state index is 12.1. The number of sulfonamides is 1. The molecule has 0 bridgehead atoms. The van der Waals surface area contributed by atoms with Crippen molar-refractivity contribution in [1.29, 1.82) is 0 Å². The molecule has 0 aliphatic heterocycles. The lowest BCUT2D eigenvalue weighted by molar-refractivity contribution is -0.136. The van der Waals surface area contributed by atoms with Gasteiger partial charge >= 0.3 is 5.97 Å². The molecule has 1 aromatic carbocycles. The zero-order valence-corrected chi connectivity index (χ0v) is 12.9. The number of rotatable bonds is 7. The highest BCUT2D eigenvalue weighted by molar-refractivity contribution is 7.89. The van der Waals surface area contributed by atoms with Crippen molar-refractivity contribution in [2.75, 3.05) is 0 Å². The van der Waals surface area contributed by atoms with Crippen LogP contribution in [0.2, 0.25) is 0 Å². The Morgan fingerprint density at radius 1 is 1.36 bits per heavy atom. The third-order valence-electron chi connectivity index (χ3n) is 3.16. The quantitative estimate of drug-likeness (QED) is 0.709. The van der Waals surface area contributed by atoms with Crippen molar-refractivity contribution in [3.63, 3.8) is 0 Å². The molecule has 8 heteroatoms. The minimum atomic E-state index is -3.62. The van der Waals surface area contributed by atoms with Crippen molar-refractivity contribution >= 4 is 16.0 Å². The number of aromatic amines is 1. The summed E-state index contributed by atoms with van der Waals surface area (Å²) in [6, 6.07) is 7.19. The molecule has 0 aliphatic carbocycles. The minimum absolute atomic E-state index is 0.0450. The van der Waals surface area contributed by atoms with Crippen LogP contribution in [0.5, 0.6) is 0 Å². The lowest BCUT2D eigenvalue weighted by atomic mass is 10.1. The van der Waals surface area contributed by atoms with Crippen molar-refractivity contribution in [3.8, 4) is 0 Å². The van der Waals surface area contributed by atoms with Crippen molar-refractivity contribution in [2.45, 2.75) is 31.2 Å². The highest BCUT2D eigenvalue weighted by Gasteiger charge is 2.18. The van der Waals surface area contributed by atoms with E-state index in [9.17, 15) is 13.2 Å². The van der Waals surface area contributed by atoms with E-state index in [0.717, 1.165) is 11.1 Å². The average Bonchev–Trinajstić information content (AvgIpc) is 2.91. The number of nitrogens with zero attached hydrogens (tertiary/aromatic N) is 1. The largest absolute Gasteiger partial charge is 0.481 e. The monoisotopic (exact) mass is 323 g/mol. The minimum Gasteiger partial charge on any atom is -0.481 e.